The highest BCUT2D eigenvalue weighted by molar-refractivity contribution is 6.30. The summed E-state index contributed by atoms with van der Waals surface area (Å²) in [5.74, 6) is 0.598. The van der Waals surface area contributed by atoms with Gasteiger partial charge in [0.1, 0.15) is 6.07 Å². The van der Waals surface area contributed by atoms with Crippen LogP contribution in [0.4, 0.5) is 10.7 Å². The van der Waals surface area contributed by atoms with Crippen molar-refractivity contribution in [3.05, 3.63) is 52.8 Å². The second-order valence-electron chi connectivity index (χ2n) is 9.02. The minimum atomic E-state index is 0.00606. The molecule has 0 aliphatic carbocycles. The van der Waals surface area contributed by atoms with Crippen molar-refractivity contribution in [1.82, 2.24) is 25.1 Å². The van der Waals surface area contributed by atoms with Gasteiger partial charge < -0.3 is 15.1 Å². The van der Waals surface area contributed by atoms with Gasteiger partial charge in [0.05, 0.1) is 18.0 Å². The van der Waals surface area contributed by atoms with E-state index in [1.165, 1.54) is 18.0 Å². The van der Waals surface area contributed by atoms with Crippen molar-refractivity contribution in [2.24, 2.45) is 0 Å². The topological polar surface area (TPSA) is 88.4 Å². The standard InChI is InChI=1S/C24H30ClN7O/c1-17-14-31(23-27-12-20(11-26)13-28-23)15-18(2)32(17)24(33)29-22-7-9-30(10-8-22)16-19-3-5-21(25)6-4-19/h3-6,12-13,17-18,22H,7-10,14-16H2,1-2H3,(H,29,33)/t17-,18+. The Kier molecular flexibility index (Phi) is 7.31. The molecule has 2 amide bonds. The Morgan fingerprint density at radius 2 is 1.73 bits per heavy atom. The molecule has 0 radical (unpaired) electrons. The maximum Gasteiger partial charge on any atom is 0.318 e. The molecule has 33 heavy (non-hydrogen) atoms. The monoisotopic (exact) mass is 467 g/mol. The minimum Gasteiger partial charge on any atom is -0.337 e. The molecule has 8 nitrogen and oxygen atoms in total. The Bertz CT molecular complexity index is 971. The maximum atomic E-state index is 13.1. The summed E-state index contributed by atoms with van der Waals surface area (Å²) in [6.45, 7) is 8.25. The average molecular weight is 468 g/mol. The van der Waals surface area contributed by atoms with Crippen LogP contribution in [0.1, 0.15) is 37.8 Å². The molecule has 0 spiro atoms. The van der Waals surface area contributed by atoms with Crippen LogP contribution in [0.3, 0.4) is 0 Å². The lowest BCUT2D eigenvalue weighted by molar-refractivity contribution is 0.130. The summed E-state index contributed by atoms with van der Waals surface area (Å²) >= 11 is 5.98. The van der Waals surface area contributed by atoms with E-state index in [9.17, 15) is 4.79 Å². The van der Waals surface area contributed by atoms with E-state index in [1.54, 1.807) is 0 Å². The molecular formula is C24H30ClN7O. The third-order valence-electron chi connectivity index (χ3n) is 6.44. The Hall–Kier alpha value is -2.89. The molecule has 1 aromatic heterocycles. The van der Waals surface area contributed by atoms with E-state index in [0.29, 0.717) is 24.6 Å². The first-order valence-electron chi connectivity index (χ1n) is 11.5. The van der Waals surface area contributed by atoms with Crippen molar-refractivity contribution in [2.45, 2.75) is 51.4 Å². The maximum absolute atomic E-state index is 13.1. The number of carbonyl (C=O) groups excluding carboxylic acids is 1. The number of nitrogens with zero attached hydrogens (tertiary/aromatic N) is 6. The lowest BCUT2D eigenvalue weighted by Crippen LogP contribution is -2.62. The normalized spacial score (nSPS) is 22.1. The highest BCUT2D eigenvalue weighted by Crippen LogP contribution is 2.21. The molecule has 1 aromatic carbocycles. The zero-order valence-corrected chi connectivity index (χ0v) is 19.9. The summed E-state index contributed by atoms with van der Waals surface area (Å²) in [4.78, 5) is 28.2. The zero-order valence-electron chi connectivity index (χ0n) is 19.1. The van der Waals surface area contributed by atoms with Crippen molar-refractivity contribution in [1.29, 1.82) is 5.26 Å². The number of aromatic nitrogens is 2. The number of piperazine rings is 1. The van der Waals surface area contributed by atoms with Crippen LogP contribution in [0, 0.1) is 11.3 Å². The third-order valence-corrected chi connectivity index (χ3v) is 6.69. The molecule has 2 atom stereocenters. The van der Waals surface area contributed by atoms with Gasteiger partial charge in [-0.05, 0) is 44.4 Å². The van der Waals surface area contributed by atoms with Gasteiger partial charge >= 0.3 is 6.03 Å². The molecule has 0 saturated carbocycles. The molecular weight excluding hydrogens is 438 g/mol. The van der Waals surface area contributed by atoms with Crippen LogP contribution in [0.5, 0.6) is 0 Å². The molecule has 3 heterocycles. The highest BCUT2D eigenvalue weighted by Gasteiger charge is 2.35. The number of nitrogens with one attached hydrogen (secondary N) is 1. The fraction of sp³-hybridized carbons (Fsp3) is 0.500. The number of rotatable bonds is 4. The smallest absolute Gasteiger partial charge is 0.318 e. The minimum absolute atomic E-state index is 0.00606. The van der Waals surface area contributed by atoms with Gasteiger partial charge in [0, 0.05) is 55.9 Å². The van der Waals surface area contributed by atoms with Crippen molar-refractivity contribution in [3.63, 3.8) is 0 Å². The van der Waals surface area contributed by atoms with Gasteiger partial charge in [-0.1, -0.05) is 23.7 Å². The summed E-state index contributed by atoms with van der Waals surface area (Å²) in [5, 5.41) is 13.0. The fourth-order valence-electron chi connectivity index (χ4n) is 4.76. The van der Waals surface area contributed by atoms with Crippen molar-refractivity contribution >= 4 is 23.6 Å². The summed E-state index contributed by atoms with van der Waals surface area (Å²) < 4.78 is 0. The van der Waals surface area contributed by atoms with E-state index in [4.69, 9.17) is 16.9 Å². The van der Waals surface area contributed by atoms with E-state index >= 15 is 0 Å². The summed E-state index contributed by atoms with van der Waals surface area (Å²) in [5.41, 5.74) is 1.70. The molecule has 2 aliphatic heterocycles. The second-order valence-corrected chi connectivity index (χ2v) is 9.46. The Labute approximate surface area is 200 Å². The number of halogens is 1. The number of hydrogen-bond donors (Lipinski definition) is 1. The number of carbonyl (C=O) groups is 1. The van der Waals surface area contributed by atoms with Gasteiger partial charge in [0.15, 0.2) is 0 Å². The first kappa shape index (κ1) is 23.3. The lowest BCUT2D eigenvalue weighted by atomic mass is 10.0. The zero-order chi connectivity index (χ0) is 23.4. The van der Waals surface area contributed by atoms with E-state index < -0.39 is 0 Å². The Morgan fingerprint density at radius 1 is 1.12 bits per heavy atom. The van der Waals surface area contributed by atoms with E-state index in [0.717, 1.165) is 37.5 Å². The number of hydrogen-bond acceptors (Lipinski definition) is 6. The van der Waals surface area contributed by atoms with Gasteiger partial charge in [-0.15, -0.1) is 0 Å². The van der Waals surface area contributed by atoms with Crippen molar-refractivity contribution in [3.8, 4) is 6.07 Å². The number of piperidine rings is 1. The van der Waals surface area contributed by atoms with Crippen LogP contribution in [0.15, 0.2) is 36.7 Å². The van der Waals surface area contributed by atoms with Gasteiger partial charge in [-0.3, -0.25) is 4.90 Å². The van der Waals surface area contributed by atoms with Gasteiger partial charge in [-0.2, -0.15) is 5.26 Å². The van der Waals surface area contributed by atoms with Crippen LogP contribution < -0.4 is 10.2 Å². The molecule has 0 unspecified atom stereocenters. The predicted molar refractivity (Wildman–Crippen MR) is 128 cm³/mol. The van der Waals surface area contributed by atoms with Crippen molar-refractivity contribution in [2.75, 3.05) is 31.1 Å². The van der Waals surface area contributed by atoms with E-state index in [1.807, 2.05) is 23.1 Å². The first-order chi connectivity index (χ1) is 15.9. The van der Waals surface area contributed by atoms with Crippen LogP contribution in [-0.4, -0.2) is 70.1 Å². The molecule has 9 heteroatoms. The number of benzene rings is 1. The number of urea groups is 1. The van der Waals surface area contributed by atoms with Crippen LogP contribution in [0.25, 0.3) is 0 Å². The van der Waals surface area contributed by atoms with Crippen LogP contribution in [0.2, 0.25) is 5.02 Å². The Morgan fingerprint density at radius 3 is 2.30 bits per heavy atom. The third kappa shape index (κ3) is 5.73. The number of nitriles is 1. The molecule has 174 valence electrons. The molecule has 2 fully saturated rings. The van der Waals surface area contributed by atoms with Crippen LogP contribution in [-0.2, 0) is 6.54 Å². The van der Waals surface area contributed by atoms with Gasteiger partial charge in [-0.25, -0.2) is 14.8 Å². The van der Waals surface area contributed by atoms with Gasteiger partial charge in [0.2, 0.25) is 5.95 Å². The molecule has 4 rings (SSSR count). The number of likely N-dealkylation sites (tertiary alicyclic amines) is 1. The number of amides is 2. The molecule has 1 N–H and O–H groups in total. The first-order valence-corrected chi connectivity index (χ1v) is 11.8. The summed E-state index contributed by atoms with van der Waals surface area (Å²) in [6, 6.07) is 10.3. The Balaban J connectivity index is 1.27. The number of anilines is 1. The average Bonchev–Trinajstić information content (AvgIpc) is 2.81. The van der Waals surface area contributed by atoms with E-state index in [-0.39, 0.29) is 24.2 Å². The fourth-order valence-corrected chi connectivity index (χ4v) is 4.89. The molecule has 2 saturated heterocycles. The highest BCUT2D eigenvalue weighted by atomic mass is 35.5. The predicted octanol–water partition coefficient (Wildman–Crippen LogP) is 3.27. The molecule has 2 aromatic rings. The lowest BCUT2D eigenvalue weighted by Gasteiger charge is -2.45. The van der Waals surface area contributed by atoms with Crippen molar-refractivity contribution < 1.29 is 4.79 Å². The summed E-state index contributed by atoms with van der Waals surface area (Å²) in [7, 11) is 0. The van der Waals surface area contributed by atoms with Crippen LogP contribution >= 0.6 is 11.6 Å². The summed E-state index contributed by atoms with van der Waals surface area (Å²) in [6.07, 6.45) is 4.97. The van der Waals surface area contributed by atoms with Gasteiger partial charge in [0.25, 0.3) is 0 Å². The quantitative estimate of drug-likeness (QED) is 0.742. The molecule has 0 bridgehead atoms. The largest absolute Gasteiger partial charge is 0.337 e. The van der Waals surface area contributed by atoms with E-state index in [2.05, 4.69) is 51.1 Å². The SMILES string of the molecule is C[C@@H]1CN(c2ncc(C#N)cn2)C[C@H](C)N1C(=O)NC1CCN(Cc2ccc(Cl)cc2)CC1. The molecule has 2 aliphatic rings. The second kappa shape index (κ2) is 10.4.